The average Bonchev–Trinajstić information content (AvgIpc) is 2.45. The molecule has 7 nitrogen and oxygen atoms in total. The lowest BCUT2D eigenvalue weighted by molar-refractivity contribution is -0.119. The van der Waals surface area contributed by atoms with Crippen LogP contribution < -0.4 is 15.5 Å². The summed E-state index contributed by atoms with van der Waals surface area (Å²) in [7, 11) is 1.75. The van der Waals surface area contributed by atoms with Crippen LogP contribution in [0.5, 0.6) is 0 Å². The third-order valence-corrected chi connectivity index (χ3v) is 3.53. The van der Waals surface area contributed by atoms with Crippen molar-refractivity contribution in [1.82, 2.24) is 20.3 Å². The number of anilines is 2. The van der Waals surface area contributed by atoms with Crippen molar-refractivity contribution >= 4 is 29.4 Å². The molecule has 2 rings (SSSR count). The van der Waals surface area contributed by atoms with E-state index in [9.17, 15) is 4.79 Å². The highest BCUT2D eigenvalue weighted by atomic mass is 35.5. The number of rotatable bonds is 4. The van der Waals surface area contributed by atoms with Gasteiger partial charge in [-0.2, -0.15) is 15.0 Å². The Kier molecular flexibility index (Phi) is 4.94. The molecule has 20 heavy (non-hydrogen) atoms. The van der Waals surface area contributed by atoms with Crippen molar-refractivity contribution in [3.05, 3.63) is 5.28 Å². The van der Waals surface area contributed by atoms with Gasteiger partial charge >= 0.3 is 0 Å². The first kappa shape index (κ1) is 14.8. The van der Waals surface area contributed by atoms with Gasteiger partial charge in [0.1, 0.15) is 0 Å². The lowest BCUT2D eigenvalue weighted by Gasteiger charge is -2.32. The molecule has 1 aromatic rings. The van der Waals surface area contributed by atoms with Gasteiger partial charge in [0, 0.05) is 33.6 Å². The number of piperidine rings is 1. The lowest BCUT2D eigenvalue weighted by atomic mass is 9.97. The molecule has 1 aliphatic heterocycles. The summed E-state index contributed by atoms with van der Waals surface area (Å²) in [6, 6.07) is 0. The van der Waals surface area contributed by atoms with Crippen molar-refractivity contribution in [2.75, 3.05) is 36.9 Å². The number of aromatic nitrogens is 3. The van der Waals surface area contributed by atoms with Gasteiger partial charge in [0.25, 0.3) is 0 Å². The van der Waals surface area contributed by atoms with E-state index in [0.717, 1.165) is 32.5 Å². The minimum absolute atomic E-state index is 0.0235. The summed E-state index contributed by atoms with van der Waals surface area (Å²) < 4.78 is 0. The Morgan fingerprint density at radius 3 is 2.65 bits per heavy atom. The van der Waals surface area contributed by atoms with Gasteiger partial charge in [0.2, 0.25) is 23.1 Å². The number of carbonyl (C=O) groups is 1. The molecular formula is C12H19ClN6O. The van der Waals surface area contributed by atoms with Crippen LogP contribution >= 0.6 is 11.6 Å². The van der Waals surface area contributed by atoms with E-state index in [-0.39, 0.29) is 11.2 Å². The first-order valence-corrected chi connectivity index (χ1v) is 7.05. The molecule has 0 atom stereocenters. The number of nitrogens with one attached hydrogen (secondary N) is 2. The number of carbonyl (C=O) groups excluding carboxylic acids is 1. The van der Waals surface area contributed by atoms with Gasteiger partial charge in [-0.05, 0) is 30.4 Å². The summed E-state index contributed by atoms with van der Waals surface area (Å²) >= 11 is 5.88. The van der Waals surface area contributed by atoms with E-state index in [1.807, 2.05) is 0 Å². The molecule has 1 fully saturated rings. The van der Waals surface area contributed by atoms with Gasteiger partial charge in [-0.15, -0.1) is 0 Å². The second-order valence-electron chi connectivity index (χ2n) is 4.85. The normalized spacial score (nSPS) is 16.1. The maximum atomic E-state index is 10.9. The molecule has 110 valence electrons. The van der Waals surface area contributed by atoms with E-state index in [2.05, 4.69) is 30.5 Å². The summed E-state index contributed by atoms with van der Waals surface area (Å²) in [4.78, 5) is 25.5. The molecule has 8 heteroatoms. The highest BCUT2D eigenvalue weighted by molar-refractivity contribution is 6.28. The van der Waals surface area contributed by atoms with E-state index in [0.29, 0.717) is 17.8 Å². The molecule has 0 spiro atoms. The number of nitrogens with zero attached hydrogens (tertiary/aromatic N) is 4. The number of halogens is 1. The molecule has 2 heterocycles. The van der Waals surface area contributed by atoms with Crippen LogP contribution in [0.4, 0.5) is 11.9 Å². The third-order valence-electron chi connectivity index (χ3n) is 3.36. The van der Waals surface area contributed by atoms with E-state index < -0.39 is 0 Å². The monoisotopic (exact) mass is 298 g/mol. The van der Waals surface area contributed by atoms with Gasteiger partial charge in [-0.1, -0.05) is 0 Å². The summed E-state index contributed by atoms with van der Waals surface area (Å²) in [5.74, 6) is 1.61. The van der Waals surface area contributed by atoms with E-state index in [1.54, 1.807) is 14.0 Å². The zero-order valence-electron chi connectivity index (χ0n) is 11.7. The molecule has 0 unspecified atom stereocenters. The smallest absolute Gasteiger partial charge is 0.231 e. The quantitative estimate of drug-likeness (QED) is 0.860. The van der Waals surface area contributed by atoms with Crippen LogP contribution in [0.1, 0.15) is 19.8 Å². The van der Waals surface area contributed by atoms with Gasteiger partial charge in [-0.25, -0.2) is 0 Å². The van der Waals surface area contributed by atoms with Crippen molar-refractivity contribution in [3.8, 4) is 0 Å². The Labute approximate surface area is 123 Å². The van der Waals surface area contributed by atoms with Crippen molar-refractivity contribution in [2.45, 2.75) is 19.8 Å². The van der Waals surface area contributed by atoms with Crippen molar-refractivity contribution in [3.63, 3.8) is 0 Å². The predicted molar refractivity (Wildman–Crippen MR) is 78.0 cm³/mol. The Bertz CT molecular complexity index is 475. The minimum Gasteiger partial charge on any atom is -0.357 e. The summed E-state index contributed by atoms with van der Waals surface area (Å²) in [5.41, 5.74) is 0. The lowest BCUT2D eigenvalue weighted by Crippen LogP contribution is -2.39. The van der Waals surface area contributed by atoms with Crippen LogP contribution in [0.25, 0.3) is 0 Å². The highest BCUT2D eigenvalue weighted by Gasteiger charge is 2.21. The first-order valence-electron chi connectivity index (χ1n) is 6.67. The Morgan fingerprint density at radius 1 is 1.35 bits per heavy atom. The van der Waals surface area contributed by atoms with Crippen LogP contribution in [0.3, 0.4) is 0 Å². The van der Waals surface area contributed by atoms with Gasteiger partial charge < -0.3 is 15.5 Å². The summed E-state index contributed by atoms with van der Waals surface area (Å²) in [6.07, 6.45) is 2.00. The van der Waals surface area contributed by atoms with Gasteiger partial charge in [0.15, 0.2) is 0 Å². The standard InChI is InChI=1S/C12H19ClN6O/c1-8(20)15-7-9-3-5-19(6-4-9)12-17-10(13)16-11(14-2)18-12/h9H,3-7H2,1-2H3,(H,15,20)(H,14,16,17,18). The first-order chi connectivity index (χ1) is 9.58. The molecule has 0 aromatic carbocycles. The Morgan fingerprint density at radius 2 is 2.05 bits per heavy atom. The molecule has 0 aliphatic carbocycles. The zero-order valence-corrected chi connectivity index (χ0v) is 12.4. The van der Waals surface area contributed by atoms with Crippen LogP contribution in [0.15, 0.2) is 0 Å². The maximum absolute atomic E-state index is 10.9. The molecule has 1 aliphatic rings. The number of hydrogen-bond donors (Lipinski definition) is 2. The molecule has 1 saturated heterocycles. The van der Waals surface area contributed by atoms with E-state index in [4.69, 9.17) is 11.6 Å². The topological polar surface area (TPSA) is 83.0 Å². The predicted octanol–water partition coefficient (Wildman–Crippen LogP) is 0.919. The molecule has 2 N–H and O–H groups in total. The largest absolute Gasteiger partial charge is 0.357 e. The van der Waals surface area contributed by atoms with Gasteiger partial charge in [-0.3, -0.25) is 4.79 Å². The fourth-order valence-electron chi connectivity index (χ4n) is 2.22. The Balaban J connectivity index is 1.93. The molecule has 1 aromatic heterocycles. The van der Waals surface area contributed by atoms with Crippen LogP contribution in [0, 0.1) is 5.92 Å². The van der Waals surface area contributed by atoms with Crippen LogP contribution in [-0.4, -0.2) is 47.5 Å². The molecule has 0 bridgehead atoms. The number of hydrogen-bond acceptors (Lipinski definition) is 6. The molecule has 0 saturated carbocycles. The van der Waals surface area contributed by atoms with Crippen molar-refractivity contribution in [1.29, 1.82) is 0 Å². The van der Waals surface area contributed by atoms with Crippen LogP contribution in [0.2, 0.25) is 5.28 Å². The SMILES string of the molecule is CNc1nc(Cl)nc(N2CCC(CNC(C)=O)CC2)n1. The van der Waals surface area contributed by atoms with E-state index in [1.165, 1.54) is 0 Å². The van der Waals surface area contributed by atoms with E-state index >= 15 is 0 Å². The molecular weight excluding hydrogens is 280 g/mol. The summed E-state index contributed by atoms with van der Waals surface area (Å²) in [5, 5.41) is 5.93. The second kappa shape index (κ2) is 6.69. The van der Waals surface area contributed by atoms with Crippen molar-refractivity contribution < 1.29 is 4.79 Å². The molecule has 0 radical (unpaired) electrons. The van der Waals surface area contributed by atoms with Crippen molar-refractivity contribution in [2.24, 2.45) is 5.92 Å². The summed E-state index contributed by atoms with van der Waals surface area (Å²) in [6.45, 7) is 3.99. The number of amides is 1. The average molecular weight is 299 g/mol. The minimum atomic E-state index is 0.0235. The highest BCUT2D eigenvalue weighted by Crippen LogP contribution is 2.21. The third kappa shape index (κ3) is 3.93. The second-order valence-corrected chi connectivity index (χ2v) is 5.18. The maximum Gasteiger partial charge on any atom is 0.231 e. The fraction of sp³-hybridized carbons (Fsp3) is 0.667. The molecule has 1 amide bonds. The zero-order chi connectivity index (χ0) is 14.5. The van der Waals surface area contributed by atoms with Crippen LogP contribution in [-0.2, 0) is 4.79 Å². The van der Waals surface area contributed by atoms with Gasteiger partial charge in [0.05, 0.1) is 0 Å². The Hall–Kier alpha value is -1.63. The fourth-order valence-corrected chi connectivity index (χ4v) is 2.37.